The van der Waals surface area contributed by atoms with Crippen LogP contribution in [0.1, 0.15) is 53.9 Å². The summed E-state index contributed by atoms with van der Waals surface area (Å²) >= 11 is 0. The van der Waals surface area contributed by atoms with Gasteiger partial charge in [0.05, 0.1) is 12.7 Å². The number of carbonyl (C=O) groups is 1. The first-order valence-electron chi connectivity index (χ1n) is 7.67. The molecule has 20 heavy (non-hydrogen) atoms. The molecular weight excluding hydrogens is 252 g/mol. The molecule has 0 heterocycles. The minimum Gasteiger partial charge on any atom is -0.465 e. The highest BCUT2D eigenvalue weighted by Crippen LogP contribution is 2.59. The molecule has 0 aromatic rings. The van der Waals surface area contributed by atoms with E-state index in [0.29, 0.717) is 12.5 Å². The van der Waals surface area contributed by atoms with E-state index in [-0.39, 0.29) is 28.8 Å². The molecule has 2 aliphatic rings. The number of hydrogen-bond acceptors (Lipinski definition) is 3. The molecule has 0 aliphatic heterocycles. The molecule has 3 nitrogen and oxygen atoms in total. The summed E-state index contributed by atoms with van der Waals surface area (Å²) in [6.07, 6.45) is 4.90. The summed E-state index contributed by atoms with van der Waals surface area (Å²) in [5.41, 5.74) is 1.35. The SMILES string of the molecule is CC(=O)OC[C@H]1C(C)=CCC2C(C)(C)[C@@H](O)CC[C@@]21C. The molecule has 0 saturated heterocycles. The van der Waals surface area contributed by atoms with Crippen molar-refractivity contribution < 1.29 is 14.6 Å². The second-order valence-electron chi connectivity index (χ2n) is 7.47. The maximum atomic E-state index is 11.2. The fourth-order valence-corrected chi connectivity index (χ4v) is 4.55. The number of aliphatic hydroxyl groups is 1. The van der Waals surface area contributed by atoms with E-state index < -0.39 is 0 Å². The Balaban J connectivity index is 2.31. The lowest BCUT2D eigenvalue weighted by Gasteiger charge is -2.58. The second-order valence-corrected chi connectivity index (χ2v) is 7.47. The van der Waals surface area contributed by atoms with Gasteiger partial charge < -0.3 is 9.84 Å². The molecule has 1 fully saturated rings. The lowest BCUT2D eigenvalue weighted by Crippen LogP contribution is -2.54. The molecule has 1 N–H and O–H groups in total. The zero-order valence-corrected chi connectivity index (χ0v) is 13.4. The lowest BCUT2D eigenvalue weighted by atomic mass is 9.48. The summed E-state index contributed by atoms with van der Waals surface area (Å²) in [6, 6.07) is 0. The van der Waals surface area contributed by atoms with Crippen LogP contribution in [0.2, 0.25) is 0 Å². The average Bonchev–Trinajstić information content (AvgIpc) is 2.33. The Bertz CT molecular complexity index is 424. The van der Waals surface area contributed by atoms with Crippen molar-refractivity contribution >= 4 is 5.97 Å². The monoisotopic (exact) mass is 280 g/mol. The second kappa shape index (κ2) is 5.18. The topological polar surface area (TPSA) is 46.5 Å². The Morgan fingerprint density at radius 3 is 2.70 bits per heavy atom. The van der Waals surface area contributed by atoms with Gasteiger partial charge in [0, 0.05) is 12.8 Å². The van der Waals surface area contributed by atoms with Crippen molar-refractivity contribution in [3.63, 3.8) is 0 Å². The van der Waals surface area contributed by atoms with Gasteiger partial charge in [-0.25, -0.2) is 0 Å². The highest BCUT2D eigenvalue weighted by Gasteiger charge is 2.55. The number of ether oxygens (including phenoxy) is 1. The van der Waals surface area contributed by atoms with Crippen molar-refractivity contribution in [1.82, 2.24) is 0 Å². The summed E-state index contributed by atoms with van der Waals surface area (Å²) in [5, 5.41) is 10.4. The molecule has 1 saturated carbocycles. The van der Waals surface area contributed by atoms with E-state index >= 15 is 0 Å². The van der Waals surface area contributed by atoms with Gasteiger partial charge in [-0.2, -0.15) is 0 Å². The normalized spacial score (nSPS) is 39.7. The first-order chi connectivity index (χ1) is 9.19. The number of aliphatic hydroxyl groups excluding tert-OH is 1. The maximum Gasteiger partial charge on any atom is 0.302 e. The van der Waals surface area contributed by atoms with Gasteiger partial charge in [-0.3, -0.25) is 4.79 Å². The van der Waals surface area contributed by atoms with Crippen molar-refractivity contribution in [2.45, 2.75) is 60.0 Å². The van der Waals surface area contributed by atoms with Crippen LogP contribution < -0.4 is 0 Å². The van der Waals surface area contributed by atoms with E-state index in [1.54, 1.807) is 0 Å². The van der Waals surface area contributed by atoms with Crippen LogP contribution in [0, 0.1) is 22.7 Å². The molecule has 0 spiro atoms. The number of rotatable bonds is 2. The number of fused-ring (bicyclic) bond motifs is 1. The summed E-state index contributed by atoms with van der Waals surface area (Å²) in [7, 11) is 0. The quantitative estimate of drug-likeness (QED) is 0.623. The van der Waals surface area contributed by atoms with E-state index in [1.807, 2.05) is 0 Å². The van der Waals surface area contributed by atoms with Crippen LogP contribution in [-0.4, -0.2) is 23.8 Å². The molecular formula is C17H28O3. The summed E-state index contributed by atoms with van der Waals surface area (Å²) < 4.78 is 5.32. The first-order valence-corrected chi connectivity index (χ1v) is 7.67. The molecule has 3 heteroatoms. The van der Waals surface area contributed by atoms with E-state index in [1.165, 1.54) is 12.5 Å². The van der Waals surface area contributed by atoms with Crippen LogP contribution in [0.15, 0.2) is 11.6 Å². The van der Waals surface area contributed by atoms with Gasteiger partial charge in [0.15, 0.2) is 0 Å². The summed E-state index contributed by atoms with van der Waals surface area (Å²) in [6.45, 7) is 10.8. The van der Waals surface area contributed by atoms with Crippen LogP contribution in [0.3, 0.4) is 0 Å². The van der Waals surface area contributed by atoms with Gasteiger partial charge in [0.1, 0.15) is 0 Å². The largest absolute Gasteiger partial charge is 0.465 e. The Morgan fingerprint density at radius 1 is 1.45 bits per heavy atom. The van der Waals surface area contributed by atoms with Crippen molar-refractivity contribution in [3.05, 3.63) is 11.6 Å². The van der Waals surface area contributed by atoms with Gasteiger partial charge in [-0.15, -0.1) is 0 Å². The van der Waals surface area contributed by atoms with Crippen molar-refractivity contribution in [3.8, 4) is 0 Å². The lowest BCUT2D eigenvalue weighted by molar-refractivity contribution is -0.150. The minimum absolute atomic E-state index is 0.0846. The first kappa shape index (κ1) is 15.6. The van der Waals surface area contributed by atoms with Crippen LogP contribution in [-0.2, 0) is 9.53 Å². The fraction of sp³-hybridized carbons (Fsp3) is 0.824. The third kappa shape index (κ3) is 2.41. The fourth-order valence-electron chi connectivity index (χ4n) is 4.55. The van der Waals surface area contributed by atoms with E-state index in [4.69, 9.17) is 4.74 Å². The van der Waals surface area contributed by atoms with Gasteiger partial charge in [-0.1, -0.05) is 32.4 Å². The maximum absolute atomic E-state index is 11.2. The molecule has 0 bridgehead atoms. The minimum atomic E-state index is -0.234. The molecule has 0 aromatic carbocycles. The third-order valence-corrected chi connectivity index (χ3v) is 5.98. The summed E-state index contributed by atoms with van der Waals surface area (Å²) in [5.74, 6) is 0.499. The van der Waals surface area contributed by atoms with Crippen molar-refractivity contribution in [2.75, 3.05) is 6.61 Å². The van der Waals surface area contributed by atoms with Crippen LogP contribution >= 0.6 is 0 Å². The molecule has 1 unspecified atom stereocenters. The zero-order valence-electron chi connectivity index (χ0n) is 13.4. The van der Waals surface area contributed by atoms with E-state index in [9.17, 15) is 9.90 Å². The standard InChI is InChI=1S/C17H28O3/c1-11-6-7-14-16(3,4)15(19)8-9-17(14,5)13(11)10-20-12(2)18/h6,13-15,19H,7-10H2,1-5H3/t13-,14?,15-,17+/m0/s1. The number of esters is 1. The molecule has 0 aromatic heterocycles. The molecule has 2 rings (SSSR count). The van der Waals surface area contributed by atoms with Crippen LogP contribution in [0.5, 0.6) is 0 Å². The van der Waals surface area contributed by atoms with Gasteiger partial charge in [0.25, 0.3) is 0 Å². The third-order valence-electron chi connectivity index (χ3n) is 5.98. The highest BCUT2D eigenvalue weighted by atomic mass is 16.5. The Kier molecular flexibility index (Phi) is 4.03. The predicted octanol–water partition coefficient (Wildman–Crippen LogP) is 3.32. The zero-order chi connectivity index (χ0) is 15.1. The van der Waals surface area contributed by atoms with Crippen LogP contribution in [0.25, 0.3) is 0 Å². The van der Waals surface area contributed by atoms with Crippen molar-refractivity contribution in [2.24, 2.45) is 22.7 Å². The molecule has 0 radical (unpaired) electrons. The van der Waals surface area contributed by atoms with Crippen LogP contribution in [0.4, 0.5) is 0 Å². The van der Waals surface area contributed by atoms with Gasteiger partial charge in [0.2, 0.25) is 0 Å². The molecule has 2 aliphatic carbocycles. The molecule has 4 atom stereocenters. The van der Waals surface area contributed by atoms with E-state index in [0.717, 1.165) is 19.3 Å². The highest BCUT2D eigenvalue weighted by molar-refractivity contribution is 5.65. The Morgan fingerprint density at radius 2 is 2.10 bits per heavy atom. The predicted molar refractivity (Wildman–Crippen MR) is 79.1 cm³/mol. The smallest absolute Gasteiger partial charge is 0.302 e. The van der Waals surface area contributed by atoms with Gasteiger partial charge >= 0.3 is 5.97 Å². The Labute approximate surface area is 122 Å². The number of allylic oxidation sites excluding steroid dienone is 1. The summed E-state index contributed by atoms with van der Waals surface area (Å²) in [4.78, 5) is 11.2. The number of hydrogen-bond donors (Lipinski definition) is 1. The molecule has 114 valence electrons. The average molecular weight is 280 g/mol. The molecule has 0 amide bonds. The van der Waals surface area contributed by atoms with Gasteiger partial charge in [-0.05, 0) is 42.9 Å². The van der Waals surface area contributed by atoms with E-state index in [2.05, 4.69) is 33.8 Å². The Hall–Kier alpha value is -0.830. The van der Waals surface area contributed by atoms with Crippen molar-refractivity contribution in [1.29, 1.82) is 0 Å². The number of carbonyl (C=O) groups excluding carboxylic acids is 1.